The molecule has 7 nitrogen and oxygen atoms in total. The molecule has 2 aliphatic heterocycles. The maximum atomic E-state index is 6.24. The lowest BCUT2D eigenvalue weighted by molar-refractivity contribution is 0.0334. The standard InChI is InChI=1S/C25H23BrN6OS/c26-18-3-1-2-16(12-18)19-13-20(31-24-22(19)23(27)29-15-30-24)17-4-5-21(28-14-17)32-8-6-25(7-9-32)33-10-11-34-25/h1-5,12-15H,6-11H2,(H2,27,29,30,31). The predicted octanol–water partition coefficient (Wildman–Crippen LogP) is 5.16. The van der Waals surface area contributed by atoms with Gasteiger partial charge in [0.25, 0.3) is 0 Å². The molecule has 2 N–H and O–H groups in total. The third kappa shape index (κ3) is 4.01. The molecule has 0 amide bonds. The largest absolute Gasteiger partial charge is 0.383 e. The van der Waals surface area contributed by atoms with E-state index in [0.29, 0.717) is 11.5 Å². The smallest absolute Gasteiger partial charge is 0.165 e. The van der Waals surface area contributed by atoms with Gasteiger partial charge in [0.05, 0.1) is 17.7 Å². The molecule has 0 bridgehead atoms. The number of anilines is 2. The van der Waals surface area contributed by atoms with Crippen LogP contribution in [-0.4, -0.2) is 50.3 Å². The van der Waals surface area contributed by atoms with Gasteiger partial charge in [-0.3, -0.25) is 0 Å². The molecule has 172 valence electrons. The van der Waals surface area contributed by atoms with Crippen molar-refractivity contribution in [1.29, 1.82) is 0 Å². The number of pyridine rings is 2. The van der Waals surface area contributed by atoms with E-state index in [1.807, 2.05) is 42.2 Å². The second kappa shape index (κ2) is 8.79. The van der Waals surface area contributed by atoms with E-state index in [0.717, 1.165) is 76.4 Å². The van der Waals surface area contributed by atoms with E-state index in [4.69, 9.17) is 20.4 Å². The highest BCUT2D eigenvalue weighted by Crippen LogP contribution is 2.42. The van der Waals surface area contributed by atoms with Gasteiger partial charge in [0.15, 0.2) is 5.65 Å². The van der Waals surface area contributed by atoms with Crippen molar-refractivity contribution in [3.63, 3.8) is 0 Å². The summed E-state index contributed by atoms with van der Waals surface area (Å²) in [7, 11) is 0. The summed E-state index contributed by atoms with van der Waals surface area (Å²) in [6.45, 7) is 2.78. The van der Waals surface area contributed by atoms with Crippen molar-refractivity contribution in [1.82, 2.24) is 19.9 Å². The zero-order chi connectivity index (χ0) is 23.1. The lowest BCUT2D eigenvalue weighted by Crippen LogP contribution is -2.42. The van der Waals surface area contributed by atoms with Crippen LogP contribution in [0.3, 0.4) is 0 Å². The number of thioether (sulfide) groups is 1. The summed E-state index contributed by atoms with van der Waals surface area (Å²) in [6, 6.07) is 14.3. The van der Waals surface area contributed by atoms with Gasteiger partial charge in [-0.05, 0) is 41.5 Å². The van der Waals surface area contributed by atoms with Crippen LogP contribution in [0.15, 0.2) is 59.5 Å². The first kappa shape index (κ1) is 21.8. The van der Waals surface area contributed by atoms with E-state index in [1.54, 1.807) is 0 Å². The molecule has 34 heavy (non-hydrogen) atoms. The average Bonchev–Trinajstić information content (AvgIpc) is 3.32. The first-order chi connectivity index (χ1) is 16.6. The number of hydrogen-bond donors (Lipinski definition) is 1. The fourth-order valence-electron chi connectivity index (χ4n) is 4.71. The number of ether oxygens (including phenoxy) is 1. The number of nitrogens with two attached hydrogens (primary N) is 1. The molecule has 0 radical (unpaired) electrons. The predicted molar refractivity (Wildman–Crippen MR) is 141 cm³/mol. The maximum Gasteiger partial charge on any atom is 0.165 e. The number of piperidine rings is 1. The maximum absolute atomic E-state index is 6.24. The van der Waals surface area contributed by atoms with Crippen molar-refractivity contribution in [2.24, 2.45) is 0 Å². The van der Waals surface area contributed by atoms with Crippen LogP contribution in [0.25, 0.3) is 33.4 Å². The first-order valence-electron chi connectivity index (χ1n) is 11.3. The number of fused-ring (bicyclic) bond motifs is 1. The molecule has 1 aromatic carbocycles. The minimum Gasteiger partial charge on any atom is -0.383 e. The molecule has 0 atom stereocenters. The Labute approximate surface area is 210 Å². The van der Waals surface area contributed by atoms with Crippen LogP contribution in [-0.2, 0) is 4.74 Å². The van der Waals surface area contributed by atoms with Crippen molar-refractivity contribution < 1.29 is 4.74 Å². The van der Waals surface area contributed by atoms with Crippen LogP contribution in [0, 0.1) is 0 Å². The summed E-state index contributed by atoms with van der Waals surface area (Å²) in [4.78, 5) is 20.5. The van der Waals surface area contributed by atoms with E-state index in [9.17, 15) is 0 Å². The molecular weight excluding hydrogens is 512 g/mol. The van der Waals surface area contributed by atoms with Crippen molar-refractivity contribution >= 4 is 50.4 Å². The number of aromatic nitrogens is 4. The Balaban J connectivity index is 1.33. The van der Waals surface area contributed by atoms with Crippen LogP contribution in [0.1, 0.15) is 12.8 Å². The Morgan fingerprint density at radius 3 is 2.65 bits per heavy atom. The van der Waals surface area contributed by atoms with Gasteiger partial charge in [-0.2, -0.15) is 0 Å². The van der Waals surface area contributed by atoms with Gasteiger partial charge in [-0.1, -0.05) is 28.1 Å². The summed E-state index contributed by atoms with van der Waals surface area (Å²) in [5.74, 6) is 2.51. The molecular formula is C25H23BrN6OS. The highest BCUT2D eigenvalue weighted by molar-refractivity contribution is 9.10. The van der Waals surface area contributed by atoms with E-state index >= 15 is 0 Å². The Morgan fingerprint density at radius 1 is 1.03 bits per heavy atom. The van der Waals surface area contributed by atoms with E-state index in [1.165, 1.54) is 6.33 Å². The number of nitrogen functional groups attached to an aromatic ring is 1. The van der Waals surface area contributed by atoms with E-state index in [2.05, 4.69) is 49.0 Å². The van der Waals surface area contributed by atoms with Crippen molar-refractivity contribution in [2.45, 2.75) is 17.8 Å². The van der Waals surface area contributed by atoms with Crippen molar-refractivity contribution in [2.75, 3.05) is 36.1 Å². The lowest BCUT2D eigenvalue weighted by atomic mass is 10.0. The molecule has 1 spiro atoms. The quantitative estimate of drug-likeness (QED) is 0.385. The van der Waals surface area contributed by atoms with E-state index in [-0.39, 0.29) is 4.93 Å². The van der Waals surface area contributed by atoms with Crippen LogP contribution in [0.2, 0.25) is 0 Å². The van der Waals surface area contributed by atoms with Crippen LogP contribution < -0.4 is 10.6 Å². The first-order valence-corrected chi connectivity index (χ1v) is 13.0. The topological polar surface area (TPSA) is 90.0 Å². The molecule has 9 heteroatoms. The number of nitrogens with zero attached hydrogens (tertiary/aromatic N) is 5. The molecule has 4 aromatic rings. The fraction of sp³-hybridized carbons (Fsp3) is 0.280. The molecule has 3 aromatic heterocycles. The lowest BCUT2D eigenvalue weighted by Gasteiger charge is -2.38. The highest BCUT2D eigenvalue weighted by atomic mass is 79.9. The molecule has 2 fully saturated rings. The number of benzene rings is 1. The van der Waals surface area contributed by atoms with Crippen molar-refractivity contribution in [3.8, 4) is 22.4 Å². The summed E-state index contributed by atoms with van der Waals surface area (Å²) in [5.41, 5.74) is 10.5. The summed E-state index contributed by atoms with van der Waals surface area (Å²) < 4.78 is 7.02. The van der Waals surface area contributed by atoms with Gasteiger partial charge in [-0.25, -0.2) is 19.9 Å². The Hall–Kier alpha value is -2.75. The third-order valence-electron chi connectivity index (χ3n) is 6.48. The molecule has 6 rings (SSSR count). The van der Waals surface area contributed by atoms with Gasteiger partial charge in [0.2, 0.25) is 0 Å². The van der Waals surface area contributed by atoms with E-state index < -0.39 is 0 Å². The van der Waals surface area contributed by atoms with Gasteiger partial charge in [0, 0.05) is 47.9 Å². The zero-order valence-corrected chi connectivity index (χ0v) is 20.8. The van der Waals surface area contributed by atoms with Crippen LogP contribution in [0.4, 0.5) is 11.6 Å². The number of rotatable bonds is 3. The number of hydrogen-bond acceptors (Lipinski definition) is 8. The molecule has 0 aliphatic carbocycles. The molecule has 0 unspecified atom stereocenters. The normalized spacial score (nSPS) is 17.5. The SMILES string of the molecule is Nc1ncnc2nc(-c3ccc(N4CCC5(CC4)OCCS5)nc3)cc(-c3cccc(Br)c3)c12. The highest BCUT2D eigenvalue weighted by Gasteiger charge is 2.39. The summed E-state index contributed by atoms with van der Waals surface area (Å²) >= 11 is 5.53. The molecule has 5 heterocycles. The average molecular weight is 535 g/mol. The van der Waals surface area contributed by atoms with Gasteiger partial charge >= 0.3 is 0 Å². The number of halogens is 1. The monoisotopic (exact) mass is 534 g/mol. The van der Waals surface area contributed by atoms with Crippen LogP contribution >= 0.6 is 27.7 Å². The summed E-state index contributed by atoms with van der Waals surface area (Å²) in [6.07, 6.45) is 5.41. The van der Waals surface area contributed by atoms with Gasteiger partial charge in [0.1, 0.15) is 22.9 Å². The second-order valence-corrected chi connectivity index (χ2v) is 10.9. The fourth-order valence-corrected chi connectivity index (χ4v) is 6.28. The molecule has 2 aliphatic rings. The van der Waals surface area contributed by atoms with Crippen LogP contribution in [0.5, 0.6) is 0 Å². The molecule has 2 saturated heterocycles. The summed E-state index contributed by atoms with van der Waals surface area (Å²) in [5, 5.41) is 0.753. The minimum atomic E-state index is 0.0258. The second-order valence-electron chi connectivity index (χ2n) is 8.52. The zero-order valence-electron chi connectivity index (χ0n) is 18.4. The van der Waals surface area contributed by atoms with Crippen molar-refractivity contribution in [3.05, 3.63) is 59.5 Å². The third-order valence-corrected chi connectivity index (χ3v) is 8.39. The molecule has 0 saturated carbocycles. The minimum absolute atomic E-state index is 0.0258. The Bertz CT molecular complexity index is 1350. The Morgan fingerprint density at radius 2 is 1.91 bits per heavy atom. The van der Waals surface area contributed by atoms with Gasteiger partial charge in [-0.15, -0.1) is 11.8 Å². The van der Waals surface area contributed by atoms with Gasteiger partial charge < -0.3 is 15.4 Å². The Kier molecular flexibility index (Phi) is 5.63.